The highest BCUT2D eigenvalue weighted by atomic mass is 32.1. The van der Waals surface area contributed by atoms with Gasteiger partial charge in [-0.05, 0) is 63.1 Å². The Morgan fingerprint density at radius 2 is 1.93 bits per heavy atom. The van der Waals surface area contributed by atoms with Crippen LogP contribution >= 0.6 is 11.3 Å². The van der Waals surface area contributed by atoms with Crippen molar-refractivity contribution < 1.29 is 4.74 Å². The lowest BCUT2D eigenvalue weighted by Gasteiger charge is -2.36. The number of hydrogen-bond acceptors (Lipinski definition) is 5. The minimum absolute atomic E-state index is 0.0999. The minimum Gasteiger partial charge on any atom is -0.490 e. The van der Waals surface area contributed by atoms with Crippen molar-refractivity contribution in [3.8, 4) is 23.8 Å². The molecule has 2 bridgehead atoms. The first kappa shape index (κ1) is 17.5. The van der Waals surface area contributed by atoms with Crippen molar-refractivity contribution >= 4 is 21.6 Å². The fraction of sp³-hybridized carbons (Fsp3) is 0.364. The maximum absolute atomic E-state index is 12.8. The van der Waals surface area contributed by atoms with Crippen LogP contribution in [0.5, 0.6) is 5.75 Å². The average molecular weight is 391 g/mol. The first-order valence-electron chi connectivity index (χ1n) is 9.59. The van der Waals surface area contributed by atoms with Crippen molar-refractivity contribution in [1.29, 1.82) is 0 Å². The predicted octanol–water partition coefficient (Wildman–Crippen LogP) is 3.43. The van der Waals surface area contributed by atoms with Gasteiger partial charge in [0.2, 0.25) is 0 Å². The molecule has 0 aliphatic carbocycles. The van der Waals surface area contributed by atoms with Gasteiger partial charge in [-0.3, -0.25) is 9.36 Å². The normalized spacial score (nSPS) is 24.4. The summed E-state index contributed by atoms with van der Waals surface area (Å²) in [6, 6.07) is 10.8. The molecular weight excluding hydrogens is 370 g/mol. The zero-order chi connectivity index (χ0) is 19.3. The summed E-state index contributed by atoms with van der Waals surface area (Å²) in [6.07, 6.45) is 12.0. The van der Waals surface area contributed by atoms with Gasteiger partial charge in [0.25, 0.3) is 5.56 Å². The highest BCUT2D eigenvalue weighted by Crippen LogP contribution is 2.36. The molecule has 0 amide bonds. The molecule has 142 valence electrons. The van der Waals surface area contributed by atoms with Gasteiger partial charge in [0.05, 0.1) is 16.1 Å². The average Bonchev–Trinajstić information content (AvgIpc) is 3.21. The lowest BCUT2D eigenvalue weighted by atomic mass is 10.0. The Morgan fingerprint density at radius 3 is 2.61 bits per heavy atom. The van der Waals surface area contributed by atoms with Crippen molar-refractivity contribution in [2.24, 2.45) is 0 Å². The Bertz CT molecular complexity index is 1110. The van der Waals surface area contributed by atoms with Gasteiger partial charge >= 0.3 is 0 Å². The third-order valence-corrected chi connectivity index (χ3v) is 7.10. The van der Waals surface area contributed by atoms with Gasteiger partial charge in [0.15, 0.2) is 0 Å². The molecule has 1 aromatic carbocycles. The first-order valence-corrected chi connectivity index (χ1v) is 10.4. The van der Waals surface area contributed by atoms with E-state index in [2.05, 4.69) is 22.9 Å². The number of terminal acetylenes is 1. The van der Waals surface area contributed by atoms with Crippen LogP contribution in [0, 0.1) is 12.3 Å². The van der Waals surface area contributed by atoms with Crippen LogP contribution in [0.1, 0.15) is 30.6 Å². The van der Waals surface area contributed by atoms with Crippen molar-refractivity contribution in [2.45, 2.75) is 43.9 Å². The van der Waals surface area contributed by atoms with Gasteiger partial charge in [0, 0.05) is 12.1 Å². The maximum Gasteiger partial charge on any atom is 0.275 e. The van der Waals surface area contributed by atoms with Crippen LogP contribution in [0.2, 0.25) is 0 Å². The predicted molar refractivity (Wildman–Crippen MR) is 111 cm³/mol. The van der Waals surface area contributed by atoms with E-state index in [9.17, 15) is 4.79 Å². The van der Waals surface area contributed by atoms with Crippen LogP contribution in [0.15, 0.2) is 41.5 Å². The molecule has 28 heavy (non-hydrogen) atoms. The van der Waals surface area contributed by atoms with E-state index in [1.807, 2.05) is 24.3 Å². The lowest BCUT2D eigenvalue weighted by Crippen LogP contribution is -2.43. The minimum atomic E-state index is -0.0999. The van der Waals surface area contributed by atoms with E-state index >= 15 is 0 Å². The second-order valence-electron chi connectivity index (χ2n) is 7.64. The molecule has 5 nitrogen and oxygen atoms in total. The number of fused-ring (bicyclic) bond motifs is 3. The van der Waals surface area contributed by atoms with E-state index in [-0.39, 0.29) is 11.7 Å². The summed E-state index contributed by atoms with van der Waals surface area (Å²) < 4.78 is 8.38. The molecule has 0 radical (unpaired) electrons. The molecule has 5 rings (SSSR count). The van der Waals surface area contributed by atoms with Gasteiger partial charge in [-0.25, -0.2) is 4.98 Å². The number of hydrogen-bond donors (Lipinski definition) is 0. The Kier molecular flexibility index (Phi) is 4.22. The number of rotatable bonds is 3. The third kappa shape index (κ3) is 2.92. The van der Waals surface area contributed by atoms with Gasteiger partial charge in [-0.1, -0.05) is 5.92 Å². The molecule has 2 fully saturated rings. The topological polar surface area (TPSA) is 47.4 Å². The first-order chi connectivity index (χ1) is 13.6. The molecule has 0 spiro atoms. The van der Waals surface area contributed by atoms with Crippen LogP contribution in [-0.2, 0) is 0 Å². The summed E-state index contributed by atoms with van der Waals surface area (Å²) in [5.41, 5.74) is 1.32. The number of thiophene rings is 1. The summed E-state index contributed by atoms with van der Waals surface area (Å²) in [4.78, 5) is 20.4. The zero-order valence-corrected chi connectivity index (χ0v) is 16.5. The van der Waals surface area contributed by atoms with Gasteiger partial charge < -0.3 is 9.64 Å². The molecule has 0 saturated carbocycles. The van der Waals surface area contributed by atoms with Crippen LogP contribution in [-0.4, -0.2) is 39.7 Å². The van der Waals surface area contributed by atoms with Crippen molar-refractivity contribution in [1.82, 2.24) is 14.5 Å². The zero-order valence-electron chi connectivity index (χ0n) is 15.7. The van der Waals surface area contributed by atoms with Gasteiger partial charge in [-0.15, -0.1) is 17.8 Å². The van der Waals surface area contributed by atoms with E-state index in [0.29, 0.717) is 27.2 Å². The molecule has 4 heterocycles. The standard InChI is InChI=1S/C22H21N3O2S/c1-3-19-12-20-21(28-19)22(26)25(13-23-20)14-6-8-17(9-7-14)27-18-10-15-4-5-16(11-18)24(15)2/h1,6-9,12-13,15-16,18H,4-5,10-11H2,2H3/t15-,16+,18+. The van der Waals surface area contributed by atoms with Gasteiger partial charge in [-0.2, -0.15) is 0 Å². The highest BCUT2D eigenvalue weighted by Gasteiger charge is 2.39. The molecule has 2 saturated heterocycles. The fourth-order valence-corrected chi connectivity index (χ4v) is 5.35. The summed E-state index contributed by atoms with van der Waals surface area (Å²) in [7, 11) is 2.23. The fourth-order valence-electron chi connectivity index (χ4n) is 4.50. The molecule has 6 heteroatoms. The molecule has 2 aliphatic heterocycles. The molecule has 0 unspecified atom stereocenters. The molecule has 0 N–H and O–H groups in total. The Labute approximate surface area is 167 Å². The van der Waals surface area contributed by atoms with E-state index < -0.39 is 0 Å². The summed E-state index contributed by atoms with van der Waals surface area (Å²) in [6.45, 7) is 0. The van der Waals surface area contributed by atoms with Crippen LogP contribution in [0.4, 0.5) is 0 Å². The second-order valence-corrected chi connectivity index (χ2v) is 8.70. The van der Waals surface area contributed by atoms with Crippen LogP contribution in [0.3, 0.4) is 0 Å². The highest BCUT2D eigenvalue weighted by molar-refractivity contribution is 7.19. The number of ether oxygens (including phenoxy) is 1. The summed E-state index contributed by atoms with van der Waals surface area (Å²) in [5.74, 6) is 3.43. The third-order valence-electron chi connectivity index (χ3n) is 6.05. The van der Waals surface area contributed by atoms with Crippen molar-refractivity contribution in [3.63, 3.8) is 0 Å². The summed E-state index contributed by atoms with van der Waals surface area (Å²) >= 11 is 1.30. The van der Waals surface area contributed by atoms with E-state index in [4.69, 9.17) is 11.2 Å². The number of piperidine rings is 1. The Hall–Kier alpha value is -2.62. The Balaban J connectivity index is 1.37. The smallest absolute Gasteiger partial charge is 0.275 e. The lowest BCUT2D eigenvalue weighted by molar-refractivity contribution is 0.0662. The van der Waals surface area contributed by atoms with Gasteiger partial charge in [0.1, 0.15) is 22.9 Å². The monoisotopic (exact) mass is 391 g/mol. The largest absolute Gasteiger partial charge is 0.490 e. The van der Waals surface area contributed by atoms with Crippen LogP contribution < -0.4 is 10.3 Å². The number of aromatic nitrogens is 2. The molecule has 3 aromatic rings. The molecule has 2 aromatic heterocycles. The van der Waals surface area contributed by atoms with E-state index in [0.717, 1.165) is 24.3 Å². The van der Waals surface area contributed by atoms with Crippen LogP contribution in [0.25, 0.3) is 15.9 Å². The van der Waals surface area contributed by atoms with Crippen molar-refractivity contribution in [2.75, 3.05) is 7.05 Å². The van der Waals surface area contributed by atoms with Crippen molar-refractivity contribution in [3.05, 3.63) is 51.9 Å². The van der Waals surface area contributed by atoms with E-state index in [1.54, 1.807) is 17.0 Å². The quantitative estimate of drug-likeness (QED) is 0.642. The number of benzene rings is 1. The SMILES string of the molecule is C#Cc1cc2ncn(-c3ccc(O[C@H]4C[C@H]5CC[C@@H](C4)N5C)cc3)c(=O)c2s1. The maximum atomic E-state index is 12.8. The molecule has 3 atom stereocenters. The summed E-state index contributed by atoms with van der Waals surface area (Å²) in [5, 5.41) is 0. The molecule has 2 aliphatic rings. The van der Waals surface area contributed by atoms with E-state index in [1.165, 1.54) is 24.2 Å². The second kappa shape index (κ2) is 6.77. The number of nitrogens with zero attached hydrogens (tertiary/aromatic N) is 3. The molecular formula is C22H21N3O2S. The Morgan fingerprint density at radius 1 is 1.21 bits per heavy atom.